The van der Waals surface area contributed by atoms with Gasteiger partial charge in [0, 0.05) is 6.04 Å². The first kappa shape index (κ1) is 9.34. The van der Waals surface area contributed by atoms with Crippen molar-refractivity contribution in [2.75, 3.05) is 11.5 Å². The van der Waals surface area contributed by atoms with E-state index in [0.29, 0.717) is 6.04 Å². The van der Waals surface area contributed by atoms with Gasteiger partial charge in [-0.25, -0.2) is 0 Å². The third kappa shape index (κ3) is 2.17. The number of hydrogen-bond acceptors (Lipinski definition) is 3. The maximum absolute atomic E-state index is 11.6. The lowest BCUT2D eigenvalue weighted by atomic mass is 10.1. The van der Waals surface area contributed by atoms with Gasteiger partial charge < -0.3 is 11.1 Å². The predicted molar refractivity (Wildman–Crippen MR) is 54.6 cm³/mol. The summed E-state index contributed by atoms with van der Waals surface area (Å²) in [6.45, 7) is 0. The number of nitrogens with two attached hydrogens (primary N) is 1. The van der Waals surface area contributed by atoms with Crippen LogP contribution in [-0.2, 0) is 4.79 Å². The van der Waals surface area contributed by atoms with Gasteiger partial charge in [0.15, 0.2) is 0 Å². The van der Waals surface area contributed by atoms with Crippen molar-refractivity contribution in [3.05, 3.63) is 0 Å². The van der Waals surface area contributed by atoms with Crippen LogP contribution in [0.5, 0.6) is 0 Å². The predicted octanol–water partition coefficient (Wildman–Crippen LogP) is 0.489. The fourth-order valence-electron chi connectivity index (χ4n) is 1.53. The molecule has 0 aromatic carbocycles. The van der Waals surface area contributed by atoms with Crippen LogP contribution in [0.15, 0.2) is 0 Å². The van der Waals surface area contributed by atoms with Crippen molar-refractivity contribution < 1.29 is 4.79 Å². The van der Waals surface area contributed by atoms with Crippen molar-refractivity contribution in [2.45, 2.75) is 37.3 Å². The van der Waals surface area contributed by atoms with Gasteiger partial charge in [-0.15, -0.1) is 0 Å². The maximum Gasteiger partial charge on any atom is 0.240 e. The van der Waals surface area contributed by atoms with Crippen LogP contribution in [0.4, 0.5) is 0 Å². The Balaban J connectivity index is 1.79. The molecule has 1 aliphatic heterocycles. The molecule has 0 spiro atoms. The molecule has 74 valence electrons. The van der Waals surface area contributed by atoms with E-state index in [1.54, 1.807) is 0 Å². The van der Waals surface area contributed by atoms with Crippen LogP contribution in [0.1, 0.15) is 25.7 Å². The molecule has 1 saturated carbocycles. The van der Waals surface area contributed by atoms with Gasteiger partial charge in [-0.1, -0.05) is 0 Å². The summed E-state index contributed by atoms with van der Waals surface area (Å²) in [5.74, 6) is 2.41. The molecule has 1 amide bonds. The van der Waals surface area contributed by atoms with Gasteiger partial charge in [-0.05, 0) is 37.2 Å². The fraction of sp³-hybridized carbons (Fsp3) is 0.889. The number of carbonyl (C=O) groups excluding carboxylic acids is 1. The van der Waals surface area contributed by atoms with Gasteiger partial charge in [0.05, 0.1) is 5.54 Å². The number of nitrogens with one attached hydrogen (secondary N) is 1. The maximum atomic E-state index is 11.6. The molecule has 2 aliphatic rings. The lowest BCUT2D eigenvalue weighted by Gasteiger charge is -2.24. The average molecular weight is 200 g/mol. The van der Waals surface area contributed by atoms with E-state index in [2.05, 4.69) is 5.32 Å². The van der Waals surface area contributed by atoms with Gasteiger partial charge in [0.1, 0.15) is 0 Å². The molecule has 1 saturated heterocycles. The lowest BCUT2D eigenvalue weighted by Crippen LogP contribution is -2.48. The number of rotatable bonds is 2. The second-order valence-electron chi connectivity index (χ2n) is 4.02. The summed E-state index contributed by atoms with van der Waals surface area (Å²) in [6.07, 6.45) is 3.93. The van der Waals surface area contributed by atoms with E-state index in [1.807, 2.05) is 11.8 Å². The van der Waals surface area contributed by atoms with E-state index in [9.17, 15) is 4.79 Å². The van der Waals surface area contributed by atoms with E-state index in [1.165, 1.54) is 11.5 Å². The van der Waals surface area contributed by atoms with Crippen LogP contribution in [0, 0.1) is 0 Å². The fourth-order valence-corrected chi connectivity index (χ4v) is 2.64. The van der Waals surface area contributed by atoms with E-state index in [-0.39, 0.29) is 5.91 Å². The number of amides is 1. The van der Waals surface area contributed by atoms with Crippen molar-refractivity contribution >= 4 is 17.7 Å². The summed E-state index contributed by atoms with van der Waals surface area (Å²) < 4.78 is 0. The Morgan fingerprint density at radius 3 is 2.54 bits per heavy atom. The minimum Gasteiger partial charge on any atom is -0.352 e. The van der Waals surface area contributed by atoms with E-state index in [4.69, 9.17) is 5.73 Å². The second kappa shape index (κ2) is 3.50. The van der Waals surface area contributed by atoms with Gasteiger partial charge >= 0.3 is 0 Å². The highest BCUT2D eigenvalue weighted by Crippen LogP contribution is 2.32. The highest BCUT2D eigenvalue weighted by Gasteiger charge is 2.46. The van der Waals surface area contributed by atoms with Gasteiger partial charge in [0.2, 0.25) is 5.91 Å². The molecule has 0 unspecified atom stereocenters. The smallest absolute Gasteiger partial charge is 0.240 e. The van der Waals surface area contributed by atoms with Crippen molar-refractivity contribution in [1.82, 2.24) is 5.32 Å². The summed E-state index contributed by atoms with van der Waals surface area (Å²) >= 11 is 1.97. The zero-order valence-corrected chi connectivity index (χ0v) is 8.53. The number of thioether (sulfide) groups is 1. The van der Waals surface area contributed by atoms with Crippen LogP contribution in [0.3, 0.4) is 0 Å². The highest BCUT2D eigenvalue weighted by atomic mass is 32.2. The Kier molecular flexibility index (Phi) is 2.51. The summed E-state index contributed by atoms with van der Waals surface area (Å²) in [5.41, 5.74) is 5.29. The van der Waals surface area contributed by atoms with E-state index < -0.39 is 5.54 Å². The topological polar surface area (TPSA) is 55.1 Å². The van der Waals surface area contributed by atoms with E-state index in [0.717, 1.165) is 25.7 Å². The molecule has 1 aliphatic carbocycles. The molecular weight excluding hydrogens is 184 g/mol. The molecular formula is C9H16N2OS. The van der Waals surface area contributed by atoms with Crippen LogP contribution >= 0.6 is 11.8 Å². The molecule has 4 heteroatoms. The SMILES string of the molecule is NC1(C(=O)NC2CCSCC2)CC1. The summed E-state index contributed by atoms with van der Waals surface area (Å²) in [7, 11) is 0. The molecule has 3 N–H and O–H groups in total. The Labute approximate surface area is 82.8 Å². The van der Waals surface area contributed by atoms with Gasteiger partial charge in [-0.2, -0.15) is 11.8 Å². The molecule has 0 radical (unpaired) electrons. The molecule has 2 rings (SSSR count). The molecule has 3 nitrogen and oxygen atoms in total. The van der Waals surface area contributed by atoms with Crippen molar-refractivity contribution in [1.29, 1.82) is 0 Å². The molecule has 2 fully saturated rings. The Morgan fingerprint density at radius 1 is 1.38 bits per heavy atom. The molecule has 0 bridgehead atoms. The molecule has 13 heavy (non-hydrogen) atoms. The second-order valence-corrected chi connectivity index (χ2v) is 5.24. The van der Waals surface area contributed by atoms with Crippen LogP contribution in [-0.4, -0.2) is 29.0 Å². The first-order valence-corrected chi connectivity index (χ1v) is 6.04. The van der Waals surface area contributed by atoms with Crippen LogP contribution < -0.4 is 11.1 Å². The zero-order valence-electron chi connectivity index (χ0n) is 7.71. The lowest BCUT2D eigenvalue weighted by molar-refractivity contribution is -0.124. The quantitative estimate of drug-likeness (QED) is 0.682. The number of hydrogen-bond donors (Lipinski definition) is 2. The monoisotopic (exact) mass is 200 g/mol. The molecule has 0 aromatic heterocycles. The minimum absolute atomic E-state index is 0.0735. The molecule has 1 heterocycles. The highest BCUT2D eigenvalue weighted by molar-refractivity contribution is 7.99. The standard InChI is InChI=1S/C9H16N2OS/c10-9(3-4-9)8(12)11-7-1-5-13-6-2-7/h7H,1-6,10H2,(H,11,12). The van der Waals surface area contributed by atoms with E-state index >= 15 is 0 Å². The van der Waals surface area contributed by atoms with Crippen molar-refractivity contribution in [3.8, 4) is 0 Å². The van der Waals surface area contributed by atoms with Crippen molar-refractivity contribution in [3.63, 3.8) is 0 Å². The zero-order chi connectivity index (χ0) is 9.31. The number of carbonyl (C=O) groups is 1. The molecule has 0 aromatic rings. The first-order chi connectivity index (χ1) is 6.21. The summed E-state index contributed by atoms with van der Waals surface area (Å²) in [5, 5.41) is 3.04. The van der Waals surface area contributed by atoms with Crippen LogP contribution in [0.25, 0.3) is 0 Å². The normalized spacial score (nSPS) is 26.8. The third-order valence-corrected chi connectivity index (χ3v) is 3.85. The Hall–Kier alpha value is -0.220. The summed E-state index contributed by atoms with van der Waals surface area (Å²) in [4.78, 5) is 11.6. The first-order valence-electron chi connectivity index (χ1n) is 4.88. The average Bonchev–Trinajstić information content (AvgIpc) is 2.87. The van der Waals surface area contributed by atoms with Gasteiger partial charge in [0.25, 0.3) is 0 Å². The largest absolute Gasteiger partial charge is 0.352 e. The third-order valence-electron chi connectivity index (χ3n) is 2.80. The Morgan fingerprint density at radius 2 is 2.00 bits per heavy atom. The Bertz CT molecular complexity index is 210. The van der Waals surface area contributed by atoms with Crippen LogP contribution in [0.2, 0.25) is 0 Å². The molecule has 0 atom stereocenters. The van der Waals surface area contributed by atoms with Gasteiger partial charge in [-0.3, -0.25) is 4.79 Å². The van der Waals surface area contributed by atoms with Crippen molar-refractivity contribution in [2.24, 2.45) is 5.73 Å². The summed E-state index contributed by atoms with van der Waals surface area (Å²) in [6, 6.07) is 0.384. The minimum atomic E-state index is -0.495.